The van der Waals surface area contributed by atoms with Gasteiger partial charge in [0.15, 0.2) is 0 Å². The molecule has 0 aromatic heterocycles. The maximum Gasteiger partial charge on any atom is 0.306 e. The maximum atomic E-state index is 11.9. The molecule has 0 N–H and O–H groups in total. The highest BCUT2D eigenvalue weighted by Crippen LogP contribution is 2.37. The second-order valence-corrected chi connectivity index (χ2v) is 10.9. The van der Waals surface area contributed by atoms with Gasteiger partial charge in [0.25, 0.3) is 0 Å². The molecule has 2 aromatic rings. The van der Waals surface area contributed by atoms with Crippen molar-refractivity contribution in [3.8, 4) is 11.5 Å². The quantitative estimate of drug-likeness (QED) is 0.572. The SMILES string of the molecule is CC(C)c1cccc(Cc2cccc(C(C)C)c2OS(C)(=O)=O)c1OS(C)(=O)=O. The minimum Gasteiger partial charge on any atom is -0.382 e. The lowest BCUT2D eigenvalue weighted by atomic mass is 9.93. The van der Waals surface area contributed by atoms with Gasteiger partial charge in [-0.3, -0.25) is 0 Å². The van der Waals surface area contributed by atoms with Crippen molar-refractivity contribution in [2.24, 2.45) is 0 Å². The van der Waals surface area contributed by atoms with Crippen LogP contribution in [0.2, 0.25) is 0 Å². The molecule has 2 aromatic carbocycles. The molecule has 6 nitrogen and oxygen atoms in total. The molecule has 0 fully saturated rings. The lowest BCUT2D eigenvalue weighted by Crippen LogP contribution is -2.12. The summed E-state index contributed by atoms with van der Waals surface area (Å²) >= 11 is 0. The van der Waals surface area contributed by atoms with Gasteiger partial charge in [-0.15, -0.1) is 0 Å². The summed E-state index contributed by atoms with van der Waals surface area (Å²) in [5.74, 6) is 0.649. The molecule has 0 amide bonds. The highest BCUT2D eigenvalue weighted by molar-refractivity contribution is 7.86. The summed E-state index contributed by atoms with van der Waals surface area (Å²) in [6.45, 7) is 7.80. The Morgan fingerprint density at radius 1 is 0.690 bits per heavy atom. The first-order chi connectivity index (χ1) is 13.3. The van der Waals surface area contributed by atoms with Gasteiger partial charge in [0, 0.05) is 17.5 Å². The van der Waals surface area contributed by atoms with Crippen LogP contribution in [0, 0.1) is 0 Å². The van der Waals surface area contributed by atoms with Crippen molar-refractivity contribution in [3.63, 3.8) is 0 Å². The Morgan fingerprint density at radius 3 is 1.31 bits per heavy atom. The molecule has 0 heterocycles. The average molecular weight is 441 g/mol. The van der Waals surface area contributed by atoms with Crippen LogP contribution in [0.1, 0.15) is 61.8 Å². The Hall–Kier alpha value is -2.06. The Morgan fingerprint density at radius 2 is 1.03 bits per heavy atom. The van der Waals surface area contributed by atoms with E-state index in [0.717, 1.165) is 23.6 Å². The van der Waals surface area contributed by atoms with E-state index in [-0.39, 0.29) is 29.8 Å². The molecule has 160 valence electrons. The Labute approximate surface area is 174 Å². The van der Waals surface area contributed by atoms with Crippen molar-refractivity contribution in [1.82, 2.24) is 0 Å². The van der Waals surface area contributed by atoms with E-state index in [2.05, 4.69) is 0 Å². The van der Waals surface area contributed by atoms with Gasteiger partial charge in [0.1, 0.15) is 11.5 Å². The van der Waals surface area contributed by atoms with Gasteiger partial charge in [-0.25, -0.2) is 0 Å². The smallest absolute Gasteiger partial charge is 0.306 e. The molecule has 0 radical (unpaired) electrons. The van der Waals surface area contributed by atoms with E-state index in [1.54, 1.807) is 12.1 Å². The topological polar surface area (TPSA) is 86.7 Å². The summed E-state index contributed by atoms with van der Waals surface area (Å²) in [5, 5.41) is 0. The summed E-state index contributed by atoms with van der Waals surface area (Å²) in [5.41, 5.74) is 2.80. The van der Waals surface area contributed by atoms with Crippen LogP contribution < -0.4 is 8.37 Å². The van der Waals surface area contributed by atoms with Gasteiger partial charge in [-0.1, -0.05) is 64.1 Å². The number of hydrogen-bond acceptors (Lipinski definition) is 6. The van der Waals surface area contributed by atoms with Crippen LogP contribution in [0.15, 0.2) is 36.4 Å². The number of hydrogen-bond donors (Lipinski definition) is 0. The normalized spacial score (nSPS) is 12.4. The van der Waals surface area contributed by atoms with Gasteiger partial charge < -0.3 is 8.37 Å². The van der Waals surface area contributed by atoms with E-state index in [0.29, 0.717) is 11.1 Å². The van der Waals surface area contributed by atoms with Crippen molar-refractivity contribution in [2.75, 3.05) is 12.5 Å². The largest absolute Gasteiger partial charge is 0.382 e. The first-order valence-corrected chi connectivity index (χ1v) is 12.9. The third-order valence-electron chi connectivity index (χ3n) is 4.35. The molecule has 0 unspecified atom stereocenters. The van der Waals surface area contributed by atoms with Crippen LogP contribution in [0.5, 0.6) is 11.5 Å². The van der Waals surface area contributed by atoms with E-state index in [4.69, 9.17) is 8.37 Å². The van der Waals surface area contributed by atoms with E-state index in [1.807, 2.05) is 52.0 Å². The standard InChI is InChI=1S/C21H28O6S2/c1-14(2)18-11-7-9-16(20(18)26-28(5,22)23)13-17-10-8-12-19(15(3)4)21(17)27-29(6,24)25/h7-12,14-15H,13H2,1-6H3. The first kappa shape index (κ1) is 23.2. The molecule has 29 heavy (non-hydrogen) atoms. The lowest BCUT2D eigenvalue weighted by Gasteiger charge is -2.19. The van der Waals surface area contributed by atoms with E-state index in [1.165, 1.54) is 0 Å². The second kappa shape index (κ2) is 8.75. The summed E-state index contributed by atoms with van der Waals surface area (Å²) < 4.78 is 58.1. The van der Waals surface area contributed by atoms with Gasteiger partial charge in [0.2, 0.25) is 0 Å². The average Bonchev–Trinajstić information content (AvgIpc) is 2.54. The van der Waals surface area contributed by atoms with Crippen molar-refractivity contribution in [2.45, 2.75) is 46.0 Å². The van der Waals surface area contributed by atoms with Gasteiger partial charge in [-0.2, -0.15) is 16.8 Å². The highest BCUT2D eigenvalue weighted by atomic mass is 32.2. The molecule has 8 heteroatoms. The molecule has 0 aliphatic heterocycles. The van der Waals surface area contributed by atoms with Crippen LogP contribution in [0.25, 0.3) is 0 Å². The van der Waals surface area contributed by atoms with Crippen LogP contribution in [-0.2, 0) is 26.7 Å². The molecule has 0 saturated carbocycles. The Balaban J connectivity index is 2.65. The monoisotopic (exact) mass is 440 g/mol. The third-order valence-corrected chi connectivity index (χ3v) is 5.29. The van der Waals surface area contributed by atoms with Crippen LogP contribution in [-0.4, -0.2) is 29.3 Å². The van der Waals surface area contributed by atoms with Crippen LogP contribution in [0.4, 0.5) is 0 Å². The van der Waals surface area contributed by atoms with Crippen molar-refractivity contribution in [1.29, 1.82) is 0 Å². The molecule has 0 aliphatic carbocycles. The fourth-order valence-corrected chi connectivity index (χ4v) is 4.12. The van der Waals surface area contributed by atoms with Crippen molar-refractivity contribution < 1.29 is 25.2 Å². The summed E-state index contributed by atoms with van der Waals surface area (Å²) in [7, 11) is -7.47. The molecule has 0 spiro atoms. The van der Waals surface area contributed by atoms with Crippen molar-refractivity contribution in [3.05, 3.63) is 58.7 Å². The number of benzene rings is 2. The van der Waals surface area contributed by atoms with Gasteiger partial charge in [0.05, 0.1) is 12.5 Å². The second-order valence-electron chi connectivity index (χ2n) is 7.73. The summed E-state index contributed by atoms with van der Waals surface area (Å²) in [4.78, 5) is 0. The summed E-state index contributed by atoms with van der Waals surface area (Å²) in [6, 6.07) is 10.9. The minimum atomic E-state index is -3.74. The zero-order valence-corrected chi connectivity index (χ0v) is 19.2. The maximum absolute atomic E-state index is 11.9. The number of para-hydroxylation sites is 2. The predicted octanol–water partition coefficient (Wildman–Crippen LogP) is 4.20. The fourth-order valence-electron chi connectivity index (χ4n) is 3.11. The molecular formula is C21H28O6S2. The minimum absolute atomic E-state index is 0.0421. The number of rotatable bonds is 8. The Bertz CT molecular complexity index is 997. The van der Waals surface area contributed by atoms with E-state index in [9.17, 15) is 16.8 Å². The first-order valence-electron chi connectivity index (χ1n) is 9.31. The van der Waals surface area contributed by atoms with Crippen LogP contribution in [0.3, 0.4) is 0 Å². The molecular weight excluding hydrogens is 412 g/mol. The third kappa shape index (κ3) is 6.47. The van der Waals surface area contributed by atoms with E-state index < -0.39 is 20.2 Å². The van der Waals surface area contributed by atoms with Crippen LogP contribution >= 0.6 is 0 Å². The molecule has 0 atom stereocenters. The zero-order valence-electron chi connectivity index (χ0n) is 17.6. The Kier molecular flexibility index (Phi) is 7.01. The molecule has 0 bridgehead atoms. The highest BCUT2D eigenvalue weighted by Gasteiger charge is 2.21. The predicted molar refractivity (Wildman–Crippen MR) is 115 cm³/mol. The molecule has 0 saturated heterocycles. The van der Waals surface area contributed by atoms with Crippen molar-refractivity contribution >= 4 is 20.2 Å². The lowest BCUT2D eigenvalue weighted by molar-refractivity contribution is 0.483. The zero-order chi connectivity index (χ0) is 22.0. The van der Waals surface area contributed by atoms with Gasteiger partial charge in [-0.05, 0) is 23.0 Å². The summed E-state index contributed by atoms with van der Waals surface area (Å²) in [6.07, 6.45) is 2.27. The molecule has 2 rings (SSSR count). The fraction of sp³-hybridized carbons (Fsp3) is 0.429. The van der Waals surface area contributed by atoms with Gasteiger partial charge >= 0.3 is 20.2 Å². The molecule has 0 aliphatic rings. The van der Waals surface area contributed by atoms with E-state index >= 15 is 0 Å².